The molecule has 5 atom stereocenters. The van der Waals surface area contributed by atoms with Crippen LogP contribution < -0.4 is 5.73 Å². The predicted octanol–water partition coefficient (Wildman–Crippen LogP) is 1.09. The van der Waals surface area contributed by atoms with Gasteiger partial charge in [0.2, 0.25) is 0 Å². The van der Waals surface area contributed by atoms with Crippen molar-refractivity contribution in [3.8, 4) is 0 Å². The van der Waals surface area contributed by atoms with E-state index in [1.54, 1.807) is 0 Å². The van der Waals surface area contributed by atoms with Gasteiger partial charge in [0.15, 0.2) is 0 Å². The Morgan fingerprint density at radius 2 is 2.10 bits per heavy atom. The Kier molecular flexibility index (Phi) is 1.02. The molecule has 0 aromatic heterocycles. The lowest BCUT2D eigenvalue weighted by atomic mass is 9.88. The molecule has 1 saturated heterocycles. The van der Waals surface area contributed by atoms with Gasteiger partial charge >= 0.3 is 0 Å². The molecule has 10 heavy (non-hydrogen) atoms. The molecule has 2 bridgehead atoms. The fourth-order valence-corrected chi connectivity index (χ4v) is 5.01. The molecule has 56 valence electrons. The molecule has 1 heterocycles. The Bertz CT molecular complexity index is 169. The number of nitrogens with two attached hydrogens (primary N) is 1. The molecular weight excluding hydrogens is 142 g/mol. The van der Waals surface area contributed by atoms with E-state index in [0.29, 0.717) is 6.04 Å². The zero-order chi connectivity index (χ0) is 6.72. The van der Waals surface area contributed by atoms with Crippen molar-refractivity contribution in [3.05, 3.63) is 0 Å². The van der Waals surface area contributed by atoms with E-state index in [0.717, 1.165) is 23.0 Å². The second-order valence-electron chi connectivity index (χ2n) is 4.03. The van der Waals surface area contributed by atoms with E-state index in [9.17, 15) is 0 Å². The fourth-order valence-electron chi connectivity index (χ4n) is 3.13. The van der Waals surface area contributed by atoms with Crippen molar-refractivity contribution >= 4 is 11.8 Å². The van der Waals surface area contributed by atoms with Crippen LogP contribution in [0.5, 0.6) is 0 Å². The van der Waals surface area contributed by atoms with Crippen molar-refractivity contribution in [2.75, 3.05) is 5.75 Å². The SMILES string of the molecule is N[C@@H]1[C@H]2C[C@H]3CS[C@H]1[C@H]3C2. The fraction of sp³-hybridized carbons (Fsp3) is 1.00. The van der Waals surface area contributed by atoms with Crippen molar-refractivity contribution in [2.45, 2.75) is 24.1 Å². The highest BCUT2D eigenvalue weighted by atomic mass is 32.2. The molecule has 1 aliphatic heterocycles. The van der Waals surface area contributed by atoms with Crippen molar-refractivity contribution in [2.24, 2.45) is 23.5 Å². The number of rotatable bonds is 0. The highest BCUT2D eigenvalue weighted by Crippen LogP contribution is 2.58. The first-order valence-electron chi connectivity index (χ1n) is 4.23. The summed E-state index contributed by atoms with van der Waals surface area (Å²) in [5, 5.41) is 0.865. The van der Waals surface area contributed by atoms with E-state index < -0.39 is 0 Å². The molecule has 3 fully saturated rings. The average molecular weight is 155 g/mol. The van der Waals surface area contributed by atoms with E-state index in [4.69, 9.17) is 5.73 Å². The van der Waals surface area contributed by atoms with Crippen LogP contribution in [0.4, 0.5) is 0 Å². The van der Waals surface area contributed by atoms with E-state index >= 15 is 0 Å². The zero-order valence-electron chi connectivity index (χ0n) is 5.99. The first-order valence-corrected chi connectivity index (χ1v) is 5.28. The van der Waals surface area contributed by atoms with Crippen molar-refractivity contribution in [3.63, 3.8) is 0 Å². The Hall–Kier alpha value is 0.310. The minimum absolute atomic E-state index is 0.564. The summed E-state index contributed by atoms with van der Waals surface area (Å²) in [5.74, 6) is 4.43. The van der Waals surface area contributed by atoms with Crippen LogP contribution in [0.1, 0.15) is 12.8 Å². The molecule has 3 rings (SSSR count). The van der Waals surface area contributed by atoms with Gasteiger partial charge in [0.1, 0.15) is 0 Å². The van der Waals surface area contributed by atoms with Crippen LogP contribution in [0.3, 0.4) is 0 Å². The quantitative estimate of drug-likeness (QED) is 0.566. The smallest absolute Gasteiger partial charge is 0.0233 e. The number of hydrogen-bond donors (Lipinski definition) is 1. The van der Waals surface area contributed by atoms with Crippen molar-refractivity contribution < 1.29 is 0 Å². The zero-order valence-corrected chi connectivity index (χ0v) is 6.81. The maximum atomic E-state index is 6.08. The van der Waals surface area contributed by atoms with Gasteiger partial charge in [-0.3, -0.25) is 0 Å². The third kappa shape index (κ3) is 0.517. The summed E-state index contributed by atoms with van der Waals surface area (Å²) in [4.78, 5) is 0. The van der Waals surface area contributed by atoms with E-state index in [-0.39, 0.29) is 0 Å². The summed E-state index contributed by atoms with van der Waals surface area (Å²) < 4.78 is 0. The lowest BCUT2D eigenvalue weighted by molar-refractivity contribution is 0.362. The van der Waals surface area contributed by atoms with Crippen LogP contribution in [0.25, 0.3) is 0 Å². The molecule has 0 aromatic carbocycles. The van der Waals surface area contributed by atoms with Crippen LogP contribution in [-0.4, -0.2) is 17.0 Å². The number of fused-ring (bicyclic) bond motifs is 1. The molecule has 0 unspecified atom stereocenters. The van der Waals surface area contributed by atoms with Crippen LogP contribution in [0.15, 0.2) is 0 Å². The van der Waals surface area contributed by atoms with E-state index in [2.05, 4.69) is 11.8 Å². The monoisotopic (exact) mass is 155 g/mol. The summed E-state index contributed by atoms with van der Waals surface area (Å²) in [7, 11) is 0. The number of hydrogen-bond acceptors (Lipinski definition) is 2. The Morgan fingerprint density at radius 3 is 2.80 bits per heavy atom. The second kappa shape index (κ2) is 1.72. The summed E-state index contributed by atoms with van der Waals surface area (Å²) in [5.41, 5.74) is 6.08. The largest absolute Gasteiger partial charge is 0.326 e. The Labute approximate surface area is 65.7 Å². The highest BCUT2D eigenvalue weighted by Gasteiger charge is 2.54. The molecule has 0 aromatic rings. The van der Waals surface area contributed by atoms with Gasteiger partial charge in [0.05, 0.1) is 0 Å². The lowest BCUT2D eigenvalue weighted by Gasteiger charge is -2.23. The van der Waals surface area contributed by atoms with Gasteiger partial charge in [0, 0.05) is 11.3 Å². The third-order valence-corrected chi connectivity index (χ3v) is 5.30. The molecule has 3 aliphatic rings. The molecule has 2 aliphatic carbocycles. The van der Waals surface area contributed by atoms with E-state index in [1.165, 1.54) is 18.6 Å². The van der Waals surface area contributed by atoms with Gasteiger partial charge < -0.3 is 5.73 Å². The summed E-state index contributed by atoms with van der Waals surface area (Å²) in [6, 6.07) is 0.564. The van der Waals surface area contributed by atoms with Gasteiger partial charge in [-0.15, -0.1) is 0 Å². The molecular formula is C8H13NS. The van der Waals surface area contributed by atoms with Crippen molar-refractivity contribution in [1.29, 1.82) is 0 Å². The summed E-state index contributed by atoms with van der Waals surface area (Å²) >= 11 is 2.15. The normalized spacial score (nSPS) is 63.9. The summed E-state index contributed by atoms with van der Waals surface area (Å²) in [6.07, 6.45) is 2.92. The van der Waals surface area contributed by atoms with Gasteiger partial charge in [-0.2, -0.15) is 11.8 Å². The topological polar surface area (TPSA) is 26.0 Å². The van der Waals surface area contributed by atoms with Gasteiger partial charge in [-0.1, -0.05) is 0 Å². The maximum absolute atomic E-state index is 6.08. The second-order valence-corrected chi connectivity index (χ2v) is 5.24. The molecule has 0 radical (unpaired) electrons. The highest BCUT2D eigenvalue weighted by molar-refractivity contribution is 8.00. The number of thioether (sulfide) groups is 1. The summed E-state index contributed by atoms with van der Waals surface area (Å²) in [6.45, 7) is 0. The first kappa shape index (κ1) is 5.90. The Morgan fingerprint density at radius 1 is 1.20 bits per heavy atom. The van der Waals surface area contributed by atoms with E-state index in [1.807, 2.05) is 0 Å². The van der Waals surface area contributed by atoms with Crippen LogP contribution in [-0.2, 0) is 0 Å². The molecule has 2 heteroatoms. The van der Waals surface area contributed by atoms with Crippen molar-refractivity contribution in [1.82, 2.24) is 0 Å². The molecule has 1 nitrogen and oxygen atoms in total. The minimum Gasteiger partial charge on any atom is -0.326 e. The molecule has 0 amide bonds. The molecule has 2 saturated carbocycles. The molecule has 2 N–H and O–H groups in total. The standard InChI is InChI=1S/C8H13NS/c9-7-4-1-5-3-10-8(7)6(5)2-4/h4-8H,1-3,9H2/t4-,5-,6-,7+,8-/m0/s1. The maximum Gasteiger partial charge on any atom is 0.0233 e. The van der Waals surface area contributed by atoms with Crippen LogP contribution in [0.2, 0.25) is 0 Å². The average Bonchev–Trinajstić information content (AvgIpc) is 2.43. The first-order chi connectivity index (χ1) is 4.86. The van der Waals surface area contributed by atoms with Gasteiger partial charge in [-0.05, 0) is 36.3 Å². The molecule has 0 spiro atoms. The lowest BCUT2D eigenvalue weighted by Crippen LogP contribution is -2.37. The van der Waals surface area contributed by atoms with Crippen LogP contribution >= 0.6 is 11.8 Å². The Balaban J connectivity index is 2.00. The predicted molar refractivity (Wildman–Crippen MR) is 43.9 cm³/mol. The third-order valence-electron chi connectivity index (χ3n) is 3.63. The van der Waals surface area contributed by atoms with Crippen LogP contribution in [0, 0.1) is 17.8 Å². The van der Waals surface area contributed by atoms with Gasteiger partial charge in [-0.25, -0.2) is 0 Å². The minimum atomic E-state index is 0.564. The van der Waals surface area contributed by atoms with Gasteiger partial charge in [0.25, 0.3) is 0 Å².